The van der Waals surface area contributed by atoms with Crippen LogP contribution in [-0.2, 0) is 0 Å². The maximum Gasteiger partial charge on any atom is 0.0961 e. The van der Waals surface area contributed by atoms with Gasteiger partial charge in [0.2, 0.25) is 0 Å². The van der Waals surface area contributed by atoms with E-state index in [1.807, 2.05) is 0 Å². The van der Waals surface area contributed by atoms with E-state index in [1.54, 1.807) is 6.92 Å². The average molecular weight is 332 g/mol. The molecule has 24 heavy (non-hydrogen) atoms. The highest BCUT2D eigenvalue weighted by Crippen LogP contribution is 2.66. The number of fused-ring (bicyclic) bond motifs is 5. The molecule has 0 aromatic carbocycles. The predicted octanol–water partition coefficient (Wildman–Crippen LogP) is 3.34. The van der Waals surface area contributed by atoms with Crippen molar-refractivity contribution in [3.8, 4) is 0 Å². The third-order valence-electron chi connectivity index (χ3n) is 8.45. The zero-order valence-corrected chi connectivity index (χ0v) is 15.3. The molecule has 0 heterocycles. The Balaban J connectivity index is 1.74. The maximum absolute atomic E-state index is 11.2. The largest absolute Gasteiger partial charge is 0.393 e. The Kier molecular flexibility index (Phi) is 3.63. The van der Waals surface area contributed by atoms with Gasteiger partial charge in [0, 0.05) is 5.41 Å². The summed E-state index contributed by atoms with van der Waals surface area (Å²) < 4.78 is 0. The second-order valence-corrected chi connectivity index (χ2v) is 9.37. The van der Waals surface area contributed by atoms with Crippen molar-refractivity contribution in [3.63, 3.8) is 0 Å². The molecule has 4 aliphatic rings. The molecule has 4 aliphatic carbocycles. The van der Waals surface area contributed by atoms with Crippen molar-refractivity contribution in [2.24, 2.45) is 22.7 Å². The van der Waals surface area contributed by atoms with E-state index in [0.717, 1.165) is 38.5 Å². The zero-order valence-electron chi connectivity index (χ0n) is 15.3. The highest BCUT2D eigenvalue weighted by atomic mass is 16.3. The molecule has 0 amide bonds. The van der Waals surface area contributed by atoms with Gasteiger partial charge in [-0.2, -0.15) is 0 Å². The van der Waals surface area contributed by atoms with Crippen LogP contribution in [-0.4, -0.2) is 33.1 Å². The van der Waals surface area contributed by atoms with Gasteiger partial charge in [-0.25, -0.2) is 0 Å². The minimum Gasteiger partial charge on any atom is -0.393 e. The summed E-state index contributed by atoms with van der Waals surface area (Å²) in [6, 6.07) is 0. The van der Waals surface area contributed by atoms with Crippen molar-refractivity contribution in [1.82, 2.24) is 0 Å². The first kappa shape index (κ1) is 16.8. The lowest BCUT2D eigenvalue weighted by Gasteiger charge is -2.56. The maximum atomic E-state index is 11.2. The Morgan fingerprint density at radius 1 is 1.04 bits per heavy atom. The molecule has 3 N–H and O–H groups in total. The van der Waals surface area contributed by atoms with Crippen LogP contribution in [0.15, 0.2) is 23.3 Å². The summed E-state index contributed by atoms with van der Waals surface area (Å²) in [5.41, 5.74) is 1.91. The van der Waals surface area contributed by atoms with E-state index in [4.69, 9.17) is 0 Å². The first-order chi connectivity index (χ1) is 11.2. The topological polar surface area (TPSA) is 60.7 Å². The van der Waals surface area contributed by atoms with Crippen LogP contribution in [0.5, 0.6) is 0 Å². The smallest absolute Gasteiger partial charge is 0.0961 e. The molecular weight excluding hydrogens is 300 g/mol. The van der Waals surface area contributed by atoms with Gasteiger partial charge in [-0.1, -0.05) is 37.1 Å². The van der Waals surface area contributed by atoms with Crippen molar-refractivity contribution in [2.75, 3.05) is 0 Å². The van der Waals surface area contributed by atoms with Crippen LogP contribution in [0.3, 0.4) is 0 Å². The van der Waals surface area contributed by atoms with Crippen LogP contribution in [0.2, 0.25) is 0 Å². The van der Waals surface area contributed by atoms with Crippen LogP contribution in [0, 0.1) is 22.7 Å². The second kappa shape index (κ2) is 5.18. The number of aliphatic hydroxyl groups excluding tert-OH is 2. The molecule has 7 atom stereocenters. The standard InChI is InChI=1S/C21H32O3/c1-13(22)21(24)11-8-18-16-5-4-14-12-15(23)6-9-19(14,2)17(16)7-10-20(18,21)3/h4-5,13,15,17-18,22-24H,6-12H2,1-3H3/t13?,15-,17?,18?,19?,20-,21-/m0/s1. The lowest BCUT2D eigenvalue weighted by Crippen LogP contribution is -2.56. The molecule has 134 valence electrons. The fraction of sp³-hybridized carbons (Fsp3) is 0.810. The van der Waals surface area contributed by atoms with Crippen molar-refractivity contribution in [3.05, 3.63) is 23.3 Å². The molecule has 0 radical (unpaired) electrons. The summed E-state index contributed by atoms with van der Waals surface area (Å²) in [7, 11) is 0. The number of rotatable bonds is 1. The van der Waals surface area contributed by atoms with Gasteiger partial charge in [0.1, 0.15) is 0 Å². The molecule has 3 heteroatoms. The zero-order chi connectivity index (χ0) is 17.3. The average Bonchev–Trinajstić information content (AvgIpc) is 2.81. The molecule has 0 bridgehead atoms. The van der Waals surface area contributed by atoms with Gasteiger partial charge in [-0.3, -0.25) is 0 Å². The predicted molar refractivity (Wildman–Crippen MR) is 94.3 cm³/mol. The Labute approximate surface area is 145 Å². The molecule has 0 saturated heterocycles. The third-order valence-corrected chi connectivity index (χ3v) is 8.45. The fourth-order valence-corrected chi connectivity index (χ4v) is 6.72. The van der Waals surface area contributed by atoms with E-state index in [9.17, 15) is 15.3 Å². The molecule has 0 spiro atoms. The van der Waals surface area contributed by atoms with Gasteiger partial charge < -0.3 is 15.3 Å². The molecular formula is C21H32O3. The van der Waals surface area contributed by atoms with Crippen LogP contribution in [0.4, 0.5) is 0 Å². The highest BCUT2D eigenvalue weighted by molar-refractivity contribution is 5.39. The first-order valence-corrected chi connectivity index (χ1v) is 9.72. The number of hydrogen-bond acceptors (Lipinski definition) is 3. The van der Waals surface area contributed by atoms with Gasteiger partial charge in [0.05, 0.1) is 17.8 Å². The van der Waals surface area contributed by atoms with E-state index in [2.05, 4.69) is 26.0 Å². The van der Waals surface area contributed by atoms with Gasteiger partial charge in [-0.05, 0) is 69.1 Å². The van der Waals surface area contributed by atoms with Gasteiger partial charge in [0.15, 0.2) is 0 Å². The Morgan fingerprint density at radius 2 is 1.75 bits per heavy atom. The van der Waals surface area contributed by atoms with Gasteiger partial charge in [-0.15, -0.1) is 0 Å². The van der Waals surface area contributed by atoms with E-state index < -0.39 is 11.7 Å². The fourth-order valence-electron chi connectivity index (χ4n) is 6.72. The number of aliphatic hydroxyl groups is 3. The van der Waals surface area contributed by atoms with E-state index in [-0.39, 0.29) is 16.9 Å². The monoisotopic (exact) mass is 332 g/mol. The molecule has 0 aromatic heterocycles. The van der Waals surface area contributed by atoms with Crippen molar-refractivity contribution >= 4 is 0 Å². The van der Waals surface area contributed by atoms with E-state index in [0.29, 0.717) is 18.3 Å². The quantitative estimate of drug-likeness (QED) is 0.690. The lowest BCUT2D eigenvalue weighted by molar-refractivity contribution is -0.148. The third kappa shape index (κ3) is 1.95. The van der Waals surface area contributed by atoms with Crippen LogP contribution in [0.25, 0.3) is 0 Å². The normalized spacial score (nSPS) is 51.8. The molecule has 3 fully saturated rings. The van der Waals surface area contributed by atoms with E-state index >= 15 is 0 Å². The minimum atomic E-state index is -0.961. The summed E-state index contributed by atoms with van der Waals surface area (Å²) in [4.78, 5) is 0. The Hall–Kier alpha value is -0.640. The second-order valence-electron chi connectivity index (χ2n) is 9.37. The number of hydrogen-bond donors (Lipinski definition) is 3. The highest BCUT2D eigenvalue weighted by Gasteiger charge is 2.63. The summed E-state index contributed by atoms with van der Waals surface area (Å²) in [5.74, 6) is 0.914. The molecule has 3 saturated carbocycles. The van der Waals surface area contributed by atoms with Crippen LogP contribution < -0.4 is 0 Å². The summed E-state index contributed by atoms with van der Waals surface area (Å²) in [5, 5.41) is 31.5. The summed E-state index contributed by atoms with van der Waals surface area (Å²) in [6.07, 6.45) is 10.2. The van der Waals surface area contributed by atoms with Gasteiger partial charge >= 0.3 is 0 Å². The SMILES string of the molecule is CC(O)[C@@]1(O)CCC2C3=CC=C4C[C@@H](O)CCC4(C)C3CC[C@@]21C. The Morgan fingerprint density at radius 3 is 2.46 bits per heavy atom. The van der Waals surface area contributed by atoms with Crippen molar-refractivity contribution in [2.45, 2.75) is 83.5 Å². The van der Waals surface area contributed by atoms with Crippen LogP contribution >= 0.6 is 0 Å². The molecule has 4 rings (SSSR count). The van der Waals surface area contributed by atoms with Gasteiger partial charge in [0.25, 0.3) is 0 Å². The summed E-state index contributed by atoms with van der Waals surface area (Å²) >= 11 is 0. The van der Waals surface area contributed by atoms with E-state index in [1.165, 1.54) is 11.1 Å². The minimum absolute atomic E-state index is 0.177. The molecule has 3 nitrogen and oxygen atoms in total. The molecule has 4 unspecified atom stereocenters. The molecule has 0 aromatic rings. The molecule has 0 aliphatic heterocycles. The lowest BCUT2D eigenvalue weighted by atomic mass is 9.49. The summed E-state index contributed by atoms with van der Waals surface area (Å²) in [6.45, 7) is 6.33. The first-order valence-electron chi connectivity index (χ1n) is 9.72. The van der Waals surface area contributed by atoms with Crippen LogP contribution in [0.1, 0.15) is 65.7 Å². The van der Waals surface area contributed by atoms with Crippen molar-refractivity contribution in [1.29, 1.82) is 0 Å². The van der Waals surface area contributed by atoms with Crippen molar-refractivity contribution < 1.29 is 15.3 Å². The number of allylic oxidation sites excluding steroid dienone is 3. The Bertz CT molecular complexity index is 606.